The summed E-state index contributed by atoms with van der Waals surface area (Å²) in [6, 6.07) is 19.4. The molecule has 1 amide bonds. The van der Waals surface area contributed by atoms with Crippen molar-refractivity contribution in [2.75, 3.05) is 11.4 Å². The van der Waals surface area contributed by atoms with E-state index in [9.17, 15) is 4.79 Å². The van der Waals surface area contributed by atoms with Crippen LogP contribution in [0.5, 0.6) is 11.5 Å². The Balaban J connectivity index is 1.42. The summed E-state index contributed by atoms with van der Waals surface area (Å²) in [5, 5.41) is 1.34. The summed E-state index contributed by atoms with van der Waals surface area (Å²) in [6.07, 6.45) is 6.24. The standard InChI is InChI=1S/C28H23ClN4O2S/c1-18-21(29)11-12-24-26(18)31-28(36-24)33(15-6-14-32-16-13-30-17-32)27(34)25-19-7-2-4-9-22(19)35-23-10-5-3-8-20(23)25/h2-5,7-13,16-17,25H,6,14-15H2,1H3. The van der Waals surface area contributed by atoms with Crippen molar-refractivity contribution in [3.8, 4) is 11.5 Å². The van der Waals surface area contributed by atoms with Crippen LogP contribution in [0, 0.1) is 6.92 Å². The average molecular weight is 515 g/mol. The molecule has 3 aromatic carbocycles. The zero-order chi connectivity index (χ0) is 24.6. The van der Waals surface area contributed by atoms with Crippen molar-refractivity contribution < 1.29 is 9.53 Å². The number of imidazole rings is 1. The summed E-state index contributed by atoms with van der Waals surface area (Å²) >= 11 is 7.89. The molecule has 0 aliphatic carbocycles. The molecule has 36 heavy (non-hydrogen) atoms. The minimum absolute atomic E-state index is 0.0216. The number of amides is 1. The van der Waals surface area contributed by atoms with Crippen LogP contribution in [0.1, 0.15) is 29.0 Å². The van der Waals surface area contributed by atoms with Gasteiger partial charge in [-0.25, -0.2) is 9.97 Å². The van der Waals surface area contributed by atoms with Crippen molar-refractivity contribution in [1.29, 1.82) is 0 Å². The fourth-order valence-corrected chi connectivity index (χ4v) is 5.88. The Bertz CT molecular complexity index is 1520. The molecule has 0 saturated heterocycles. The number of halogens is 1. The predicted molar refractivity (Wildman–Crippen MR) is 143 cm³/mol. The number of aromatic nitrogens is 3. The molecule has 0 bridgehead atoms. The van der Waals surface area contributed by atoms with Crippen molar-refractivity contribution >= 4 is 44.2 Å². The Morgan fingerprint density at radius 3 is 2.50 bits per heavy atom. The highest BCUT2D eigenvalue weighted by molar-refractivity contribution is 7.22. The highest BCUT2D eigenvalue weighted by Crippen LogP contribution is 2.45. The molecule has 0 spiro atoms. The number of ether oxygens (including phenoxy) is 1. The number of hydrogen-bond donors (Lipinski definition) is 0. The van der Waals surface area contributed by atoms with Gasteiger partial charge in [0.05, 0.1) is 22.5 Å². The predicted octanol–water partition coefficient (Wildman–Crippen LogP) is 6.82. The van der Waals surface area contributed by atoms with Crippen LogP contribution in [-0.4, -0.2) is 27.0 Å². The largest absolute Gasteiger partial charge is 0.457 e. The van der Waals surface area contributed by atoms with E-state index in [0.29, 0.717) is 28.2 Å². The zero-order valence-corrected chi connectivity index (χ0v) is 21.2. The Labute approximate surface area is 217 Å². The molecule has 2 aromatic heterocycles. The van der Waals surface area contributed by atoms with Gasteiger partial charge in [-0.05, 0) is 43.2 Å². The van der Waals surface area contributed by atoms with E-state index in [4.69, 9.17) is 21.3 Å². The number of hydrogen-bond acceptors (Lipinski definition) is 5. The van der Waals surface area contributed by atoms with Crippen molar-refractivity contribution in [2.24, 2.45) is 0 Å². The van der Waals surface area contributed by atoms with Crippen LogP contribution in [0.4, 0.5) is 5.13 Å². The molecule has 0 saturated carbocycles. The Hall–Kier alpha value is -3.68. The zero-order valence-electron chi connectivity index (χ0n) is 19.6. The summed E-state index contributed by atoms with van der Waals surface area (Å²) in [5.41, 5.74) is 3.48. The molecule has 0 unspecified atom stereocenters. The van der Waals surface area contributed by atoms with E-state index in [1.807, 2.05) is 83.3 Å². The number of nitrogens with zero attached hydrogens (tertiary/aromatic N) is 4. The fourth-order valence-electron chi connectivity index (χ4n) is 4.67. The summed E-state index contributed by atoms with van der Waals surface area (Å²) < 4.78 is 9.17. The van der Waals surface area contributed by atoms with Gasteiger partial charge >= 0.3 is 0 Å². The van der Waals surface area contributed by atoms with Crippen molar-refractivity contribution in [3.05, 3.63) is 101 Å². The number of benzene rings is 3. The van der Waals surface area contributed by atoms with Crippen LogP contribution < -0.4 is 9.64 Å². The Kier molecular flexibility index (Phi) is 5.95. The molecule has 1 aliphatic heterocycles. The lowest BCUT2D eigenvalue weighted by Crippen LogP contribution is -2.37. The van der Waals surface area contributed by atoms with Crippen molar-refractivity contribution in [1.82, 2.24) is 14.5 Å². The van der Waals surface area contributed by atoms with Gasteiger partial charge in [0, 0.05) is 41.6 Å². The van der Waals surface area contributed by atoms with Crippen LogP contribution >= 0.6 is 22.9 Å². The van der Waals surface area contributed by atoms with E-state index in [0.717, 1.165) is 39.9 Å². The maximum atomic E-state index is 14.4. The van der Waals surface area contributed by atoms with Crippen molar-refractivity contribution in [2.45, 2.75) is 25.8 Å². The lowest BCUT2D eigenvalue weighted by atomic mass is 9.87. The van der Waals surface area contributed by atoms with Crippen LogP contribution in [-0.2, 0) is 11.3 Å². The topological polar surface area (TPSA) is 60.2 Å². The molecular weight excluding hydrogens is 492 g/mol. The lowest BCUT2D eigenvalue weighted by Gasteiger charge is -2.31. The van der Waals surface area contributed by atoms with Gasteiger partial charge in [0.2, 0.25) is 5.91 Å². The summed E-state index contributed by atoms with van der Waals surface area (Å²) in [5.74, 6) is 0.905. The van der Waals surface area contributed by atoms with Crippen LogP contribution in [0.15, 0.2) is 79.4 Å². The van der Waals surface area contributed by atoms with E-state index in [1.165, 1.54) is 11.3 Å². The molecule has 6 rings (SSSR count). The smallest absolute Gasteiger partial charge is 0.241 e. The number of rotatable bonds is 6. The molecule has 6 nitrogen and oxygen atoms in total. The third kappa shape index (κ3) is 4.04. The molecule has 1 aliphatic rings. The minimum Gasteiger partial charge on any atom is -0.457 e. The van der Waals surface area contributed by atoms with Gasteiger partial charge < -0.3 is 9.30 Å². The molecule has 180 valence electrons. The molecule has 0 atom stereocenters. The van der Waals surface area contributed by atoms with Gasteiger partial charge in [-0.1, -0.05) is 59.3 Å². The normalized spacial score (nSPS) is 12.7. The first-order chi connectivity index (χ1) is 17.6. The number of carbonyl (C=O) groups is 1. The first kappa shape index (κ1) is 22.8. The maximum Gasteiger partial charge on any atom is 0.241 e. The number of para-hydroxylation sites is 2. The summed E-state index contributed by atoms with van der Waals surface area (Å²) in [6.45, 7) is 3.23. The van der Waals surface area contributed by atoms with E-state index >= 15 is 0 Å². The van der Waals surface area contributed by atoms with Gasteiger partial charge in [-0.2, -0.15) is 0 Å². The first-order valence-corrected chi connectivity index (χ1v) is 13.0. The van der Waals surface area contributed by atoms with Crippen molar-refractivity contribution in [3.63, 3.8) is 0 Å². The monoisotopic (exact) mass is 514 g/mol. The molecular formula is C28H23ClN4O2S. The van der Waals surface area contributed by atoms with E-state index in [2.05, 4.69) is 4.98 Å². The van der Waals surface area contributed by atoms with Gasteiger partial charge in [0.25, 0.3) is 0 Å². The highest BCUT2D eigenvalue weighted by Gasteiger charge is 2.36. The number of thiazole rings is 1. The van der Waals surface area contributed by atoms with Gasteiger partial charge in [0.15, 0.2) is 5.13 Å². The summed E-state index contributed by atoms with van der Waals surface area (Å²) in [4.78, 5) is 25.3. The number of fused-ring (bicyclic) bond motifs is 3. The van der Waals surface area contributed by atoms with E-state index in [1.54, 1.807) is 12.5 Å². The third-order valence-corrected chi connectivity index (χ3v) is 7.97. The van der Waals surface area contributed by atoms with Crippen LogP contribution in [0.25, 0.3) is 10.2 Å². The highest BCUT2D eigenvalue weighted by atomic mass is 35.5. The average Bonchev–Trinajstić information content (AvgIpc) is 3.57. The lowest BCUT2D eigenvalue weighted by molar-refractivity contribution is -0.119. The summed E-state index contributed by atoms with van der Waals surface area (Å²) in [7, 11) is 0. The first-order valence-electron chi connectivity index (χ1n) is 11.8. The second-order valence-electron chi connectivity index (χ2n) is 8.77. The molecule has 3 heterocycles. The third-order valence-electron chi connectivity index (χ3n) is 6.52. The number of carbonyl (C=O) groups excluding carboxylic acids is 1. The Morgan fingerprint density at radius 2 is 1.81 bits per heavy atom. The van der Waals surface area contributed by atoms with Gasteiger partial charge in [0.1, 0.15) is 11.5 Å². The minimum atomic E-state index is -0.490. The molecule has 0 fully saturated rings. The Morgan fingerprint density at radius 1 is 1.08 bits per heavy atom. The van der Waals surface area contributed by atoms with Gasteiger partial charge in [-0.15, -0.1) is 0 Å². The molecule has 0 radical (unpaired) electrons. The second kappa shape index (κ2) is 9.41. The molecule has 0 N–H and O–H groups in total. The van der Waals surface area contributed by atoms with Gasteiger partial charge in [-0.3, -0.25) is 9.69 Å². The molecule has 8 heteroatoms. The van der Waals surface area contributed by atoms with E-state index < -0.39 is 5.92 Å². The SMILES string of the molecule is Cc1c(Cl)ccc2sc(N(CCCn3ccnc3)C(=O)C3c4ccccc4Oc4ccccc43)nc12. The van der Waals surface area contributed by atoms with E-state index in [-0.39, 0.29) is 5.91 Å². The number of aryl methyl sites for hydroxylation is 2. The maximum absolute atomic E-state index is 14.4. The fraction of sp³-hybridized carbons (Fsp3) is 0.179. The van der Waals surface area contributed by atoms with Crippen LogP contribution in [0.2, 0.25) is 5.02 Å². The quantitative estimate of drug-likeness (QED) is 0.249. The second-order valence-corrected chi connectivity index (χ2v) is 10.2. The number of anilines is 1. The van der Waals surface area contributed by atoms with Crippen LogP contribution in [0.3, 0.4) is 0 Å². The molecule has 5 aromatic rings.